The number of aromatic nitrogens is 1. The molecule has 9 heteroatoms. The fraction of sp³-hybridized carbons (Fsp3) is 0.250. The Hall–Kier alpha value is -3.43. The number of rotatable bonds is 8. The van der Waals surface area contributed by atoms with Crippen molar-refractivity contribution in [3.63, 3.8) is 0 Å². The van der Waals surface area contributed by atoms with Gasteiger partial charge in [-0.25, -0.2) is 9.79 Å². The zero-order valence-corrected chi connectivity index (χ0v) is 23.4. The number of allylic oxidation sites excluding steroid dienone is 1. The molecule has 0 radical (unpaired) electrons. The van der Waals surface area contributed by atoms with Gasteiger partial charge in [0, 0.05) is 15.6 Å². The third-order valence-corrected chi connectivity index (χ3v) is 7.11. The second-order valence-corrected chi connectivity index (χ2v) is 10.5. The molecule has 2 aromatic carbocycles. The zero-order chi connectivity index (χ0) is 26.7. The second kappa shape index (κ2) is 11.3. The number of fused-ring (bicyclic) bond motifs is 1. The van der Waals surface area contributed by atoms with Crippen LogP contribution in [-0.4, -0.2) is 30.4 Å². The molecule has 0 aliphatic carbocycles. The SMILES string of the molecule is C=CCOc1ccccc1/C=c1\sc2n(c1=O)[C@H](c1cc(Br)ccc1OC)C(C(=O)OC(C)C)=C(C)N=2. The topological polar surface area (TPSA) is 79.1 Å². The molecule has 0 amide bonds. The highest BCUT2D eigenvalue weighted by Crippen LogP contribution is 2.37. The Kier molecular flexibility index (Phi) is 8.14. The van der Waals surface area contributed by atoms with Gasteiger partial charge in [0.05, 0.1) is 29.0 Å². The minimum Gasteiger partial charge on any atom is -0.496 e. The Bertz CT molecular complexity index is 1570. The molecule has 1 aliphatic rings. The third kappa shape index (κ3) is 5.47. The highest BCUT2D eigenvalue weighted by Gasteiger charge is 2.35. The van der Waals surface area contributed by atoms with Crippen molar-refractivity contribution >= 4 is 39.3 Å². The lowest BCUT2D eigenvalue weighted by atomic mass is 9.95. The fourth-order valence-electron chi connectivity index (χ4n) is 4.09. The average Bonchev–Trinajstić information content (AvgIpc) is 3.16. The molecule has 192 valence electrons. The predicted octanol–water partition coefficient (Wildman–Crippen LogP) is 4.52. The van der Waals surface area contributed by atoms with Gasteiger partial charge in [0.15, 0.2) is 4.80 Å². The normalized spacial score (nSPS) is 15.3. The molecule has 1 aromatic heterocycles. The Morgan fingerprint density at radius 1 is 1.24 bits per heavy atom. The van der Waals surface area contributed by atoms with Crippen molar-refractivity contribution in [1.82, 2.24) is 4.57 Å². The zero-order valence-electron chi connectivity index (χ0n) is 21.0. The molecule has 1 atom stereocenters. The minimum absolute atomic E-state index is 0.281. The first-order chi connectivity index (χ1) is 17.7. The molecule has 3 aromatic rings. The Morgan fingerprint density at radius 3 is 2.70 bits per heavy atom. The van der Waals surface area contributed by atoms with Crippen LogP contribution in [0.4, 0.5) is 0 Å². The minimum atomic E-state index is -0.788. The van der Waals surface area contributed by atoms with Gasteiger partial charge in [0.2, 0.25) is 0 Å². The standard InChI is InChI=1S/C28H27BrN2O5S/c1-6-13-35-21-10-8-7-9-18(21)14-23-26(32)31-25(20-15-19(29)11-12-22(20)34-5)24(27(33)36-16(2)3)17(4)30-28(31)37-23/h6-12,14-16,25H,1,13H2,2-5H3/b23-14-/t25-/m1/s1. The number of carbonyl (C=O) groups is 1. The maximum absolute atomic E-state index is 13.9. The summed E-state index contributed by atoms with van der Waals surface area (Å²) in [5.41, 5.74) is 1.89. The van der Waals surface area contributed by atoms with Gasteiger partial charge in [-0.05, 0) is 51.1 Å². The maximum Gasteiger partial charge on any atom is 0.338 e. The first-order valence-electron chi connectivity index (χ1n) is 11.6. The summed E-state index contributed by atoms with van der Waals surface area (Å²) in [6, 6.07) is 12.2. The summed E-state index contributed by atoms with van der Waals surface area (Å²) in [5.74, 6) is 0.645. The lowest BCUT2D eigenvalue weighted by Gasteiger charge is -2.26. The summed E-state index contributed by atoms with van der Waals surface area (Å²) in [6.07, 6.45) is 3.11. The van der Waals surface area contributed by atoms with Crippen molar-refractivity contribution in [2.75, 3.05) is 13.7 Å². The van der Waals surface area contributed by atoms with Crippen LogP contribution in [0.15, 0.2) is 80.6 Å². The van der Waals surface area contributed by atoms with E-state index in [4.69, 9.17) is 14.2 Å². The van der Waals surface area contributed by atoms with Gasteiger partial charge in [-0.2, -0.15) is 0 Å². The van der Waals surface area contributed by atoms with Gasteiger partial charge in [-0.1, -0.05) is 58.1 Å². The highest BCUT2D eigenvalue weighted by molar-refractivity contribution is 9.10. The molecule has 0 bridgehead atoms. The van der Waals surface area contributed by atoms with Crippen LogP contribution in [0.25, 0.3) is 6.08 Å². The van der Waals surface area contributed by atoms with Crippen LogP contribution in [0.5, 0.6) is 11.5 Å². The number of ether oxygens (including phenoxy) is 3. The number of benzene rings is 2. The summed E-state index contributed by atoms with van der Waals surface area (Å²) in [6.45, 7) is 9.36. The van der Waals surface area contributed by atoms with Crippen molar-refractivity contribution in [1.29, 1.82) is 0 Å². The molecule has 0 saturated heterocycles. The van der Waals surface area contributed by atoms with E-state index in [1.54, 1.807) is 46.1 Å². The first kappa shape index (κ1) is 26.6. The quantitative estimate of drug-likeness (QED) is 0.288. The van der Waals surface area contributed by atoms with Crippen molar-refractivity contribution in [2.45, 2.75) is 32.9 Å². The number of halogens is 1. The van der Waals surface area contributed by atoms with E-state index in [1.165, 1.54) is 15.9 Å². The van der Waals surface area contributed by atoms with E-state index in [2.05, 4.69) is 27.5 Å². The van der Waals surface area contributed by atoms with E-state index in [1.807, 2.05) is 36.4 Å². The van der Waals surface area contributed by atoms with Crippen molar-refractivity contribution in [2.24, 2.45) is 4.99 Å². The molecule has 0 saturated carbocycles. The van der Waals surface area contributed by atoms with E-state index in [0.717, 1.165) is 10.0 Å². The van der Waals surface area contributed by atoms with Gasteiger partial charge >= 0.3 is 5.97 Å². The smallest absolute Gasteiger partial charge is 0.338 e. The monoisotopic (exact) mass is 582 g/mol. The molecule has 4 rings (SSSR count). The van der Waals surface area contributed by atoms with E-state index >= 15 is 0 Å². The second-order valence-electron chi connectivity index (χ2n) is 8.56. The van der Waals surface area contributed by atoms with Crippen molar-refractivity contribution < 1.29 is 19.0 Å². The summed E-state index contributed by atoms with van der Waals surface area (Å²) < 4.78 is 19.8. The molecule has 0 unspecified atom stereocenters. The molecular formula is C28H27BrN2O5S. The molecule has 7 nitrogen and oxygen atoms in total. The number of esters is 1. The van der Waals surface area contributed by atoms with Crippen LogP contribution in [-0.2, 0) is 9.53 Å². The molecule has 37 heavy (non-hydrogen) atoms. The van der Waals surface area contributed by atoms with E-state index < -0.39 is 12.0 Å². The Labute approximate surface area is 227 Å². The third-order valence-electron chi connectivity index (χ3n) is 5.63. The van der Waals surface area contributed by atoms with Crippen molar-refractivity contribution in [3.8, 4) is 11.5 Å². The number of hydrogen-bond donors (Lipinski definition) is 0. The molecule has 0 N–H and O–H groups in total. The van der Waals surface area contributed by atoms with E-state index in [-0.39, 0.29) is 11.7 Å². The molecule has 2 heterocycles. The van der Waals surface area contributed by atoms with E-state index in [0.29, 0.717) is 44.3 Å². The van der Waals surface area contributed by atoms with Gasteiger partial charge in [0.1, 0.15) is 24.1 Å². The predicted molar refractivity (Wildman–Crippen MR) is 148 cm³/mol. The van der Waals surface area contributed by atoms with Gasteiger partial charge < -0.3 is 14.2 Å². The van der Waals surface area contributed by atoms with Gasteiger partial charge in [-0.3, -0.25) is 9.36 Å². The molecule has 0 fully saturated rings. The van der Waals surface area contributed by atoms with Crippen LogP contribution in [0, 0.1) is 0 Å². The molecule has 0 spiro atoms. The summed E-state index contributed by atoms with van der Waals surface area (Å²) in [4.78, 5) is 32.3. The highest BCUT2D eigenvalue weighted by atomic mass is 79.9. The van der Waals surface area contributed by atoms with Crippen LogP contribution in [0.2, 0.25) is 0 Å². The number of nitrogens with zero attached hydrogens (tertiary/aromatic N) is 2. The molecule has 1 aliphatic heterocycles. The van der Waals surface area contributed by atoms with Crippen molar-refractivity contribution in [3.05, 3.63) is 102 Å². The number of carbonyl (C=O) groups excluding carboxylic acids is 1. The average molecular weight is 584 g/mol. The maximum atomic E-state index is 13.9. The number of thiazole rings is 1. The van der Waals surface area contributed by atoms with Crippen LogP contribution < -0.4 is 24.4 Å². The summed E-state index contributed by atoms with van der Waals surface area (Å²) in [7, 11) is 1.55. The lowest BCUT2D eigenvalue weighted by molar-refractivity contribution is -0.143. The van der Waals surface area contributed by atoms with Gasteiger partial charge in [-0.15, -0.1) is 0 Å². The number of hydrogen-bond acceptors (Lipinski definition) is 7. The Balaban J connectivity index is 1.98. The fourth-order valence-corrected chi connectivity index (χ4v) is 5.51. The van der Waals surface area contributed by atoms with Crippen LogP contribution in [0.1, 0.15) is 37.9 Å². The van der Waals surface area contributed by atoms with E-state index in [9.17, 15) is 9.59 Å². The van der Waals surface area contributed by atoms with Crippen LogP contribution >= 0.6 is 27.3 Å². The lowest BCUT2D eigenvalue weighted by Crippen LogP contribution is -2.40. The van der Waals surface area contributed by atoms with Gasteiger partial charge in [0.25, 0.3) is 5.56 Å². The Morgan fingerprint density at radius 2 is 2.00 bits per heavy atom. The summed E-state index contributed by atoms with van der Waals surface area (Å²) >= 11 is 4.77. The molecular weight excluding hydrogens is 556 g/mol. The number of methoxy groups -OCH3 is 1. The summed E-state index contributed by atoms with van der Waals surface area (Å²) in [5, 5.41) is 0. The first-order valence-corrected chi connectivity index (χ1v) is 13.3. The largest absolute Gasteiger partial charge is 0.496 e. The number of para-hydroxylation sites is 1. The van der Waals surface area contributed by atoms with Crippen LogP contribution in [0.3, 0.4) is 0 Å².